The van der Waals surface area contributed by atoms with Gasteiger partial charge in [0.15, 0.2) is 0 Å². The van der Waals surface area contributed by atoms with Crippen LogP contribution in [0.15, 0.2) is 0 Å². The lowest BCUT2D eigenvalue weighted by Gasteiger charge is -2.12. The van der Waals surface area contributed by atoms with Crippen LogP contribution in [0.2, 0.25) is 0 Å². The Labute approximate surface area is 101 Å². The molecule has 1 atom stereocenters. The molecule has 0 rings (SSSR count). The van der Waals surface area contributed by atoms with Crippen molar-refractivity contribution in [1.29, 1.82) is 0 Å². The topological polar surface area (TPSA) is 30.5 Å². The van der Waals surface area contributed by atoms with Gasteiger partial charge in [-0.3, -0.25) is 0 Å². The highest BCUT2D eigenvalue weighted by Crippen LogP contribution is 2.01. The molecule has 3 nitrogen and oxygen atoms in total. The maximum absolute atomic E-state index is 5.54. The number of nitrogens with one attached hydrogen (secondary N) is 1. The van der Waals surface area contributed by atoms with Gasteiger partial charge in [0.05, 0.1) is 13.2 Å². The first-order valence-electron chi connectivity index (χ1n) is 6.61. The van der Waals surface area contributed by atoms with Gasteiger partial charge in [-0.05, 0) is 13.3 Å². The van der Waals surface area contributed by atoms with Crippen LogP contribution in [-0.2, 0) is 9.47 Å². The van der Waals surface area contributed by atoms with E-state index in [1.807, 2.05) is 0 Å². The summed E-state index contributed by atoms with van der Waals surface area (Å²) in [4.78, 5) is 0. The van der Waals surface area contributed by atoms with E-state index in [1.54, 1.807) is 7.11 Å². The van der Waals surface area contributed by atoms with Gasteiger partial charge in [0.1, 0.15) is 0 Å². The van der Waals surface area contributed by atoms with Gasteiger partial charge in [0.25, 0.3) is 0 Å². The molecule has 0 spiro atoms. The molecule has 16 heavy (non-hydrogen) atoms. The minimum absolute atomic E-state index is 0.415. The molecule has 1 unspecified atom stereocenters. The van der Waals surface area contributed by atoms with Gasteiger partial charge in [-0.2, -0.15) is 0 Å². The third-order valence-electron chi connectivity index (χ3n) is 2.55. The zero-order chi connectivity index (χ0) is 12.1. The van der Waals surface area contributed by atoms with Crippen LogP contribution in [0.25, 0.3) is 0 Å². The molecule has 1 N–H and O–H groups in total. The van der Waals surface area contributed by atoms with Crippen LogP contribution in [0.4, 0.5) is 0 Å². The van der Waals surface area contributed by atoms with Crippen LogP contribution in [0.3, 0.4) is 0 Å². The predicted molar refractivity (Wildman–Crippen MR) is 68.9 cm³/mol. The predicted octanol–water partition coefficient (Wildman–Crippen LogP) is 2.60. The summed E-state index contributed by atoms with van der Waals surface area (Å²) in [6.07, 6.45) is 6.52. The third kappa shape index (κ3) is 12.0. The van der Waals surface area contributed by atoms with Gasteiger partial charge >= 0.3 is 0 Å². The second-order valence-electron chi connectivity index (χ2n) is 4.34. The molecule has 0 amide bonds. The highest BCUT2D eigenvalue weighted by atomic mass is 16.5. The maximum Gasteiger partial charge on any atom is 0.0613 e. The van der Waals surface area contributed by atoms with Crippen molar-refractivity contribution in [3.05, 3.63) is 0 Å². The molecule has 0 aromatic carbocycles. The molecule has 0 saturated carbocycles. The standard InChI is InChI=1S/C13H29NO2/c1-4-5-6-7-8-10-16-11-9-14-13(2)12-15-3/h13-14H,4-12H2,1-3H3. The number of unbranched alkanes of at least 4 members (excludes halogenated alkanes) is 4. The van der Waals surface area contributed by atoms with E-state index in [-0.39, 0.29) is 0 Å². The number of methoxy groups -OCH3 is 1. The molecule has 98 valence electrons. The van der Waals surface area contributed by atoms with Crippen molar-refractivity contribution in [2.45, 2.75) is 52.0 Å². The Bertz CT molecular complexity index is 131. The average Bonchev–Trinajstić information content (AvgIpc) is 2.27. The highest BCUT2D eigenvalue weighted by Gasteiger charge is 1.98. The molecule has 0 aromatic rings. The fraction of sp³-hybridized carbons (Fsp3) is 1.00. The molecule has 3 heteroatoms. The number of ether oxygens (including phenoxy) is 2. The van der Waals surface area contributed by atoms with Crippen LogP contribution in [0, 0.1) is 0 Å². The first kappa shape index (κ1) is 15.9. The molecule has 0 radical (unpaired) electrons. The van der Waals surface area contributed by atoms with Crippen molar-refractivity contribution in [2.75, 3.05) is 33.5 Å². The number of rotatable bonds is 12. The van der Waals surface area contributed by atoms with Gasteiger partial charge < -0.3 is 14.8 Å². The summed E-state index contributed by atoms with van der Waals surface area (Å²) in [5.41, 5.74) is 0. The average molecular weight is 231 g/mol. The van der Waals surface area contributed by atoms with Crippen LogP contribution in [0.5, 0.6) is 0 Å². The summed E-state index contributed by atoms with van der Waals surface area (Å²) in [7, 11) is 1.73. The van der Waals surface area contributed by atoms with E-state index in [0.29, 0.717) is 6.04 Å². The van der Waals surface area contributed by atoms with Gasteiger partial charge in [-0.25, -0.2) is 0 Å². The van der Waals surface area contributed by atoms with E-state index in [0.717, 1.165) is 26.4 Å². The highest BCUT2D eigenvalue weighted by molar-refractivity contribution is 4.57. The largest absolute Gasteiger partial charge is 0.383 e. The Hall–Kier alpha value is -0.120. The molecular weight excluding hydrogens is 202 g/mol. The zero-order valence-corrected chi connectivity index (χ0v) is 11.3. The molecule has 0 heterocycles. The van der Waals surface area contributed by atoms with Gasteiger partial charge in [-0.1, -0.05) is 32.6 Å². The lowest BCUT2D eigenvalue weighted by molar-refractivity contribution is 0.122. The molecule has 0 aliphatic heterocycles. The van der Waals surface area contributed by atoms with Crippen LogP contribution < -0.4 is 5.32 Å². The van der Waals surface area contributed by atoms with Gasteiger partial charge in [0.2, 0.25) is 0 Å². The normalized spacial score (nSPS) is 12.9. The summed E-state index contributed by atoms with van der Waals surface area (Å²) < 4.78 is 10.6. The molecule has 0 saturated heterocycles. The molecule has 0 bridgehead atoms. The Kier molecular flexibility index (Phi) is 12.9. The summed E-state index contributed by atoms with van der Waals surface area (Å²) >= 11 is 0. The Morgan fingerprint density at radius 1 is 1.06 bits per heavy atom. The van der Waals surface area contributed by atoms with E-state index in [4.69, 9.17) is 9.47 Å². The summed E-state index contributed by atoms with van der Waals surface area (Å²) in [6.45, 7) is 7.75. The minimum atomic E-state index is 0.415. The minimum Gasteiger partial charge on any atom is -0.383 e. The summed E-state index contributed by atoms with van der Waals surface area (Å²) in [6, 6.07) is 0.415. The van der Waals surface area contributed by atoms with Gasteiger partial charge in [-0.15, -0.1) is 0 Å². The second kappa shape index (κ2) is 12.9. The van der Waals surface area contributed by atoms with E-state index >= 15 is 0 Å². The van der Waals surface area contributed by atoms with Crippen molar-refractivity contribution in [2.24, 2.45) is 0 Å². The van der Waals surface area contributed by atoms with E-state index < -0.39 is 0 Å². The van der Waals surface area contributed by atoms with Crippen molar-refractivity contribution in [3.63, 3.8) is 0 Å². The fourth-order valence-corrected chi connectivity index (χ4v) is 1.60. The van der Waals surface area contributed by atoms with Crippen LogP contribution >= 0.6 is 0 Å². The van der Waals surface area contributed by atoms with E-state index in [2.05, 4.69) is 19.2 Å². The monoisotopic (exact) mass is 231 g/mol. The summed E-state index contributed by atoms with van der Waals surface area (Å²) in [5, 5.41) is 3.34. The summed E-state index contributed by atoms with van der Waals surface area (Å²) in [5.74, 6) is 0. The fourth-order valence-electron chi connectivity index (χ4n) is 1.60. The SMILES string of the molecule is CCCCCCCOCCNC(C)COC. The Balaban J connectivity index is 2.98. The van der Waals surface area contributed by atoms with E-state index in [1.165, 1.54) is 32.1 Å². The Morgan fingerprint density at radius 2 is 1.81 bits per heavy atom. The molecule has 0 aliphatic rings. The first-order chi connectivity index (χ1) is 7.81. The first-order valence-corrected chi connectivity index (χ1v) is 6.61. The van der Waals surface area contributed by atoms with Crippen LogP contribution in [-0.4, -0.2) is 39.5 Å². The Morgan fingerprint density at radius 3 is 2.50 bits per heavy atom. The quantitative estimate of drug-likeness (QED) is 0.524. The van der Waals surface area contributed by atoms with Crippen molar-refractivity contribution in [1.82, 2.24) is 5.32 Å². The maximum atomic E-state index is 5.54. The number of hydrogen-bond acceptors (Lipinski definition) is 3. The van der Waals surface area contributed by atoms with Crippen molar-refractivity contribution < 1.29 is 9.47 Å². The third-order valence-corrected chi connectivity index (χ3v) is 2.55. The molecule has 0 fully saturated rings. The smallest absolute Gasteiger partial charge is 0.0613 e. The molecule has 0 aliphatic carbocycles. The molecular formula is C13H29NO2. The zero-order valence-electron chi connectivity index (χ0n) is 11.3. The lowest BCUT2D eigenvalue weighted by Crippen LogP contribution is -2.32. The van der Waals surface area contributed by atoms with Crippen molar-refractivity contribution in [3.8, 4) is 0 Å². The lowest BCUT2D eigenvalue weighted by atomic mass is 10.2. The number of hydrogen-bond donors (Lipinski definition) is 1. The second-order valence-corrected chi connectivity index (χ2v) is 4.34. The van der Waals surface area contributed by atoms with Crippen LogP contribution in [0.1, 0.15) is 46.0 Å². The molecule has 0 aromatic heterocycles. The van der Waals surface area contributed by atoms with Crippen molar-refractivity contribution >= 4 is 0 Å². The van der Waals surface area contributed by atoms with Gasteiger partial charge in [0, 0.05) is 26.3 Å². The van der Waals surface area contributed by atoms with E-state index in [9.17, 15) is 0 Å².